The predicted molar refractivity (Wildman–Crippen MR) is 184 cm³/mol. The molecule has 47 heavy (non-hydrogen) atoms. The van der Waals surface area contributed by atoms with Crippen LogP contribution in [0, 0.1) is 5.92 Å². The molecule has 0 aliphatic rings. The van der Waals surface area contributed by atoms with Crippen LogP contribution >= 0.6 is 0 Å². The summed E-state index contributed by atoms with van der Waals surface area (Å²) in [7, 11) is -2.69. The second-order valence-corrected chi connectivity index (χ2v) is 13.3. The van der Waals surface area contributed by atoms with Gasteiger partial charge in [0.2, 0.25) is 11.8 Å². The molecule has 4 rings (SSSR count). The lowest BCUT2D eigenvalue weighted by atomic mass is 10.0. The topological polar surface area (TPSA) is 105 Å². The van der Waals surface area contributed by atoms with Crippen LogP contribution in [-0.4, -0.2) is 58.0 Å². The van der Waals surface area contributed by atoms with Gasteiger partial charge in [-0.25, -0.2) is 8.42 Å². The maximum absolute atomic E-state index is 14.7. The number of carbonyl (C=O) groups excluding carboxylic acids is 2. The van der Waals surface area contributed by atoms with Crippen molar-refractivity contribution in [3.05, 3.63) is 120 Å². The van der Waals surface area contributed by atoms with Gasteiger partial charge in [-0.1, -0.05) is 86.6 Å². The average Bonchev–Trinajstić information content (AvgIpc) is 3.09. The second kappa shape index (κ2) is 16.6. The van der Waals surface area contributed by atoms with Crippen LogP contribution in [0.25, 0.3) is 0 Å². The number of carbonyl (C=O) groups is 2. The number of hydrogen-bond donors (Lipinski definition) is 1. The van der Waals surface area contributed by atoms with E-state index in [0.717, 1.165) is 15.4 Å². The summed E-state index contributed by atoms with van der Waals surface area (Å²) in [6, 6.07) is 30.4. The third-order valence-corrected chi connectivity index (χ3v) is 9.26. The molecule has 0 saturated heterocycles. The highest BCUT2D eigenvalue weighted by Gasteiger charge is 2.35. The number of para-hydroxylation sites is 2. The lowest BCUT2D eigenvalue weighted by molar-refractivity contribution is -0.140. The molecule has 0 radical (unpaired) electrons. The Kier molecular flexibility index (Phi) is 12.4. The van der Waals surface area contributed by atoms with Gasteiger partial charge in [0, 0.05) is 19.5 Å². The zero-order valence-corrected chi connectivity index (χ0v) is 28.2. The smallest absolute Gasteiger partial charge is 0.264 e. The van der Waals surface area contributed by atoms with Crippen LogP contribution in [0.2, 0.25) is 0 Å². The molecule has 10 heteroatoms. The van der Waals surface area contributed by atoms with Gasteiger partial charge in [0.15, 0.2) is 0 Å². The highest BCUT2D eigenvalue weighted by atomic mass is 32.2. The van der Waals surface area contributed by atoms with E-state index < -0.39 is 28.5 Å². The average molecular weight is 658 g/mol. The predicted octanol–water partition coefficient (Wildman–Crippen LogP) is 5.70. The summed E-state index contributed by atoms with van der Waals surface area (Å²) in [5.41, 5.74) is 1.80. The molecule has 248 valence electrons. The van der Waals surface area contributed by atoms with Crippen LogP contribution in [-0.2, 0) is 32.6 Å². The molecule has 0 bridgehead atoms. The monoisotopic (exact) mass is 657 g/mol. The summed E-state index contributed by atoms with van der Waals surface area (Å²) in [4.78, 5) is 30.1. The Morgan fingerprint density at radius 3 is 2.13 bits per heavy atom. The SMILES string of the molecule is CCOc1ccccc1N(CC(=O)N(Cc1cccc(OC)c1)[C@H](Cc1ccccc1)C(=O)NCC(C)C)S(=O)(=O)c1ccccc1. The molecule has 1 N–H and O–H groups in total. The Morgan fingerprint density at radius 1 is 0.830 bits per heavy atom. The molecular weight excluding hydrogens is 614 g/mol. The Labute approximate surface area is 278 Å². The van der Waals surface area contributed by atoms with E-state index in [9.17, 15) is 18.0 Å². The lowest BCUT2D eigenvalue weighted by Gasteiger charge is -2.34. The summed E-state index contributed by atoms with van der Waals surface area (Å²) in [6.07, 6.45) is 0.224. The van der Waals surface area contributed by atoms with Crippen LogP contribution in [0.4, 0.5) is 5.69 Å². The van der Waals surface area contributed by atoms with Gasteiger partial charge in [-0.2, -0.15) is 0 Å². The highest BCUT2D eigenvalue weighted by Crippen LogP contribution is 2.33. The number of amides is 2. The van der Waals surface area contributed by atoms with E-state index in [4.69, 9.17) is 9.47 Å². The van der Waals surface area contributed by atoms with E-state index >= 15 is 0 Å². The van der Waals surface area contributed by atoms with Crippen LogP contribution in [0.3, 0.4) is 0 Å². The molecule has 0 aromatic heterocycles. The fourth-order valence-electron chi connectivity index (χ4n) is 5.12. The number of hydrogen-bond acceptors (Lipinski definition) is 6. The van der Waals surface area contributed by atoms with Crippen molar-refractivity contribution in [2.75, 3.05) is 31.1 Å². The fraction of sp³-hybridized carbons (Fsp3) is 0.297. The Morgan fingerprint density at radius 2 is 1.47 bits per heavy atom. The second-order valence-electron chi connectivity index (χ2n) is 11.4. The number of benzene rings is 4. The molecular formula is C37H43N3O6S. The molecule has 2 amide bonds. The maximum atomic E-state index is 14.7. The summed E-state index contributed by atoms with van der Waals surface area (Å²) < 4.78 is 40.9. The number of methoxy groups -OCH3 is 1. The number of rotatable bonds is 16. The van der Waals surface area contributed by atoms with Crippen LogP contribution in [0.1, 0.15) is 31.9 Å². The van der Waals surface area contributed by atoms with E-state index in [1.807, 2.05) is 56.3 Å². The standard InChI is InChI=1S/C37H43N3O6S/c1-5-46-35-22-13-12-21-33(35)40(47(43,44)32-19-10-7-11-20-32)27-36(41)39(26-30-17-14-18-31(23-30)45-4)34(37(42)38-25-28(2)3)24-29-15-8-6-9-16-29/h6-23,28,34H,5,24-27H2,1-4H3,(H,38,42)/t34-/m1/s1. The van der Waals surface area contributed by atoms with Crippen LogP contribution in [0.5, 0.6) is 11.5 Å². The molecule has 0 aliphatic carbocycles. The number of nitrogens with zero attached hydrogens (tertiary/aromatic N) is 2. The van der Waals surface area contributed by atoms with Crippen molar-refractivity contribution in [2.45, 2.75) is 44.7 Å². The minimum Gasteiger partial charge on any atom is -0.497 e. The van der Waals surface area contributed by atoms with Gasteiger partial charge in [0.1, 0.15) is 24.1 Å². The zero-order valence-electron chi connectivity index (χ0n) is 27.3. The molecule has 1 atom stereocenters. The highest BCUT2D eigenvalue weighted by molar-refractivity contribution is 7.92. The summed E-state index contributed by atoms with van der Waals surface area (Å²) in [5.74, 6) is 0.209. The molecule has 0 fully saturated rings. The minimum absolute atomic E-state index is 0.0222. The summed E-state index contributed by atoms with van der Waals surface area (Å²) in [6.45, 7) is 5.96. The number of ether oxygens (including phenoxy) is 2. The Balaban J connectivity index is 1.83. The van der Waals surface area contributed by atoms with Gasteiger partial charge in [-0.3, -0.25) is 13.9 Å². The molecule has 4 aromatic carbocycles. The Bertz CT molecular complexity index is 1710. The van der Waals surface area contributed by atoms with E-state index in [-0.39, 0.29) is 35.4 Å². The van der Waals surface area contributed by atoms with Crippen LogP contribution < -0.4 is 19.1 Å². The molecule has 0 saturated carbocycles. The number of anilines is 1. The van der Waals surface area contributed by atoms with Crippen molar-refractivity contribution < 1.29 is 27.5 Å². The maximum Gasteiger partial charge on any atom is 0.264 e. The molecule has 0 heterocycles. The molecule has 0 unspecified atom stereocenters. The lowest BCUT2D eigenvalue weighted by Crippen LogP contribution is -2.53. The van der Waals surface area contributed by atoms with Gasteiger partial charge in [-0.15, -0.1) is 0 Å². The van der Waals surface area contributed by atoms with Crippen molar-refractivity contribution >= 4 is 27.5 Å². The molecule has 0 spiro atoms. The number of sulfonamides is 1. The van der Waals surface area contributed by atoms with Crippen molar-refractivity contribution in [2.24, 2.45) is 5.92 Å². The first-order valence-corrected chi connectivity index (χ1v) is 17.1. The zero-order chi connectivity index (χ0) is 33.8. The quantitative estimate of drug-likeness (QED) is 0.166. The fourth-order valence-corrected chi connectivity index (χ4v) is 6.56. The van der Waals surface area contributed by atoms with Crippen molar-refractivity contribution in [3.63, 3.8) is 0 Å². The first kappa shape index (κ1) is 35.0. The molecule has 4 aromatic rings. The largest absolute Gasteiger partial charge is 0.497 e. The first-order chi connectivity index (χ1) is 22.6. The minimum atomic E-state index is -4.25. The summed E-state index contributed by atoms with van der Waals surface area (Å²) >= 11 is 0. The number of nitrogens with one attached hydrogen (secondary N) is 1. The van der Waals surface area contributed by atoms with Crippen molar-refractivity contribution in [3.8, 4) is 11.5 Å². The first-order valence-electron chi connectivity index (χ1n) is 15.7. The van der Waals surface area contributed by atoms with Crippen LogP contribution in [0.15, 0.2) is 114 Å². The van der Waals surface area contributed by atoms with E-state index in [2.05, 4.69) is 5.32 Å². The van der Waals surface area contributed by atoms with Gasteiger partial charge in [-0.05, 0) is 60.4 Å². The van der Waals surface area contributed by atoms with E-state index in [0.29, 0.717) is 24.7 Å². The van der Waals surface area contributed by atoms with E-state index in [1.165, 1.54) is 17.0 Å². The van der Waals surface area contributed by atoms with Gasteiger partial charge in [0.05, 0.1) is 24.3 Å². The van der Waals surface area contributed by atoms with Gasteiger partial charge in [0.25, 0.3) is 10.0 Å². The summed E-state index contributed by atoms with van der Waals surface area (Å²) in [5, 5.41) is 3.00. The van der Waals surface area contributed by atoms with Crippen molar-refractivity contribution in [1.82, 2.24) is 10.2 Å². The Hall–Kier alpha value is -4.83. The normalized spacial score (nSPS) is 11.9. The van der Waals surface area contributed by atoms with Crippen molar-refractivity contribution in [1.29, 1.82) is 0 Å². The van der Waals surface area contributed by atoms with Gasteiger partial charge < -0.3 is 19.7 Å². The third kappa shape index (κ3) is 9.36. The van der Waals surface area contributed by atoms with Gasteiger partial charge >= 0.3 is 0 Å². The van der Waals surface area contributed by atoms with E-state index in [1.54, 1.807) is 68.6 Å². The molecule has 9 nitrogen and oxygen atoms in total. The molecule has 0 aliphatic heterocycles. The third-order valence-electron chi connectivity index (χ3n) is 7.49.